The van der Waals surface area contributed by atoms with Crippen molar-refractivity contribution in [3.63, 3.8) is 0 Å². The first-order chi connectivity index (χ1) is 14.5. The Bertz CT molecular complexity index is 901. The molecular formula is C20H30IN5O4S. The highest BCUT2D eigenvalue weighted by atomic mass is 127. The van der Waals surface area contributed by atoms with Gasteiger partial charge in [0.05, 0.1) is 12.2 Å². The van der Waals surface area contributed by atoms with E-state index in [1.54, 1.807) is 6.07 Å². The summed E-state index contributed by atoms with van der Waals surface area (Å²) in [6.45, 7) is 7.17. The molecular weight excluding hydrogens is 533 g/mol. The zero-order chi connectivity index (χ0) is 21.4. The molecule has 1 N–H and O–H groups in total. The van der Waals surface area contributed by atoms with Crippen LogP contribution in [0.5, 0.6) is 5.75 Å². The number of nitrogens with zero attached hydrogens (tertiary/aromatic N) is 4. The van der Waals surface area contributed by atoms with Gasteiger partial charge in [0, 0.05) is 38.8 Å². The number of halogens is 1. The summed E-state index contributed by atoms with van der Waals surface area (Å²) < 4.78 is 37.3. The maximum Gasteiger partial charge on any atom is 0.220 e. The molecule has 1 aliphatic rings. The quantitative estimate of drug-likeness (QED) is 0.299. The summed E-state index contributed by atoms with van der Waals surface area (Å²) in [6.07, 6.45) is 1.30. The fourth-order valence-electron chi connectivity index (χ4n) is 3.18. The lowest BCUT2D eigenvalue weighted by Gasteiger charge is -2.35. The van der Waals surface area contributed by atoms with E-state index in [4.69, 9.17) is 14.3 Å². The van der Waals surface area contributed by atoms with E-state index in [0.29, 0.717) is 38.4 Å². The number of piperazine rings is 1. The molecule has 2 heterocycles. The Morgan fingerprint density at radius 3 is 2.55 bits per heavy atom. The molecule has 2 aromatic rings. The zero-order valence-corrected chi connectivity index (χ0v) is 21.0. The number of rotatable bonds is 8. The number of benzene rings is 1. The highest BCUT2D eigenvalue weighted by Gasteiger charge is 2.29. The highest BCUT2D eigenvalue weighted by molar-refractivity contribution is 14.0. The van der Waals surface area contributed by atoms with Crippen LogP contribution in [-0.2, 0) is 15.8 Å². The summed E-state index contributed by atoms with van der Waals surface area (Å²) >= 11 is 0. The minimum Gasteiger partial charge on any atom is -0.489 e. The van der Waals surface area contributed by atoms with E-state index < -0.39 is 10.0 Å². The maximum atomic E-state index is 12.6. The number of sulfonamides is 1. The monoisotopic (exact) mass is 563 g/mol. The summed E-state index contributed by atoms with van der Waals surface area (Å²) in [4.78, 5) is 6.78. The number of para-hydroxylation sites is 1. The van der Waals surface area contributed by atoms with Crippen LogP contribution >= 0.6 is 24.0 Å². The predicted octanol–water partition coefficient (Wildman–Crippen LogP) is 2.17. The van der Waals surface area contributed by atoms with Gasteiger partial charge in [-0.05, 0) is 26.0 Å². The number of hydrogen-bond acceptors (Lipinski definition) is 6. The molecule has 31 heavy (non-hydrogen) atoms. The van der Waals surface area contributed by atoms with Gasteiger partial charge >= 0.3 is 0 Å². The van der Waals surface area contributed by atoms with E-state index in [0.717, 1.165) is 18.3 Å². The Morgan fingerprint density at radius 1 is 1.23 bits per heavy atom. The third-order valence-electron chi connectivity index (χ3n) is 4.67. The van der Waals surface area contributed by atoms with Crippen LogP contribution in [0.3, 0.4) is 0 Å². The number of aliphatic imine (C=N–C) groups is 1. The molecule has 1 unspecified atom stereocenters. The first-order valence-corrected chi connectivity index (χ1v) is 11.7. The van der Waals surface area contributed by atoms with Crippen molar-refractivity contribution in [3.05, 3.63) is 48.4 Å². The summed E-state index contributed by atoms with van der Waals surface area (Å²) in [5.41, 5.74) is 0.416. The lowest BCUT2D eigenvalue weighted by molar-refractivity contribution is 0.227. The van der Waals surface area contributed by atoms with Crippen molar-refractivity contribution in [1.82, 2.24) is 19.7 Å². The Hall–Kier alpha value is -1.86. The Labute approximate surface area is 200 Å². The van der Waals surface area contributed by atoms with Crippen molar-refractivity contribution >= 4 is 40.0 Å². The Balaban J connectivity index is 0.00000341. The van der Waals surface area contributed by atoms with Crippen molar-refractivity contribution < 1.29 is 17.7 Å². The van der Waals surface area contributed by atoms with Gasteiger partial charge in [-0.25, -0.2) is 13.4 Å². The van der Waals surface area contributed by atoms with Crippen LogP contribution < -0.4 is 10.1 Å². The summed E-state index contributed by atoms with van der Waals surface area (Å²) in [5.74, 6) is 1.44. The lowest BCUT2D eigenvalue weighted by atomic mass is 10.3. The van der Waals surface area contributed by atoms with E-state index in [2.05, 4.69) is 15.4 Å². The third-order valence-corrected chi connectivity index (χ3v) is 6.48. The van der Waals surface area contributed by atoms with Crippen LogP contribution in [0.4, 0.5) is 0 Å². The number of guanidine groups is 1. The Kier molecular flexibility index (Phi) is 10.0. The van der Waals surface area contributed by atoms with Gasteiger partial charge in [-0.1, -0.05) is 23.4 Å². The molecule has 0 amide bonds. The summed E-state index contributed by atoms with van der Waals surface area (Å²) in [6, 6.07) is 11.2. The van der Waals surface area contributed by atoms with Gasteiger partial charge in [-0.3, -0.25) is 0 Å². The zero-order valence-electron chi connectivity index (χ0n) is 17.8. The van der Waals surface area contributed by atoms with Gasteiger partial charge in [0.15, 0.2) is 5.96 Å². The van der Waals surface area contributed by atoms with Crippen LogP contribution in [-0.4, -0.2) is 74.1 Å². The van der Waals surface area contributed by atoms with E-state index >= 15 is 0 Å². The largest absolute Gasteiger partial charge is 0.489 e. The fraction of sp³-hybridized carbons (Fsp3) is 0.500. The average Bonchev–Trinajstić information content (AvgIpc) is 3.24. The molecule has 0 aliphatic carbocycles. The van der Waals surface area contributed by atoms with E-state index in [9.17, 15) is 8.42 Å². The number of hydrogen-bond donors (Lipinski definition) is 1. The lowest BCUT2D eigenvalue weighted by Crippen LogP contribution is -2.54. The molecule has 172 valence electrons. The number of nitrogens with one attached hydrogen (secondary N) is 1. The smallest absolute Gasteiger partial charge is 0.220 e. The van der Waals surface area contributed by atoms with E-state index in [1.807, 2.05) is 44.2 Å². The van der Waals surface area contributed by atoms with Gasteiger partial charge in [-0.2, -0.15) is 4.31 Å². The first kappa shape index (κ1) is 25.4. The van der Waals surface area contributed by atoms with Gasteiger partial charge in [0.25, 0.3) is 0 Å². The SMILES string of the molecule is CCNC(=NCC(C)Oc1ccccc1)N1CCN(S(=O)(=O)Cc2ccon2)CC1.I. The van der Waals surface area contributed by atoms with Crippen molar-refractivity contribution in [2.45, 2.75) is 25.7 Å². The highest BCUT2D eigenvalue weighted by Crippen LogP contribution is 2.14. The molecule has 0 spiro atoms. The minimum atomic E-state index is -3.42. The van der Waals surface area contributed by atoms with Gasteiger partial charge in [0.2, 0.25) is 10.0 Å². The molecule has 0 bridgehead atoms. The molecule has 1 fully saturated rings. The second kappa shape index (κ2) is 12.2. The van der Waals surface area contributed by atoms with Crippen molar-refractivity contribution in [1.29, 1.82) is 0 Å². The topological polar surface area (TPSA) is 100 Å². The molecule has 1 aromatic carbocycles. The molecule has 1 saturated heterocycles. The first-order valence-electron chi connectivity index (χ1n) is 10.1. The van der Waals surface area contributed by atoms with Crippen LogP contribution in [0, 0.1) is 0 Å². The third kappa shape index (κ3) is 7.65. The number of aromatic nitrogens is 1. The summed E-state index contributed by atoms with van der Waals surface area (Å²) in [7, 11) is -3.42. The maximum absolute atomic E-state index is 12.6. The van der Waals surface area contributed by atoms with Gasteiger partial charge in [-0.15, -0.1) is 24.0 Å². The van der Waals surface area contributed by atoms with Crippen molar-refractivity contribution in [2.75, 3.05) is 39.3 Å². The van der Waals surface area contributed by atoms with Crippen LogP contribution in [0.25, 0.3) is 0 Å². The molecule has 3 rings (SSSR count). The fourth-order valence-corrected chi connectivity index (χ4v) is 4.60. The molecule has 1 aliphatic heterocycles. The average molecular weight is 563 g/mol. The number of ether oxygens (including phenoxy) is 1. The minimum absolute atomic E-state index is 0. The molecule has 0 radical (unpaired) electrons. The van der Waals surface area contributed by atoms with Crippen molar-refractivity contribution in [3.8, 4) is 5.75 Å². The van der Waals surface area contributed by atoms with Gasteiger partial charge < -0.3 is 19.5 Å². The van der Waals surface area contributed by atoms with Crippen LogP contribution in [0.2, 0.25) is 0 Å². The van der Waals surface area contributed by atoms with Crippen LogP contribution in [0.15, 0.2) is 52.2 Å². The molecule has 0 saturated carbocycles. The second-order valence-corrected chi connectivity index (χ2v) is 9.04. The molecule has 1 atom stereocenters. The summed E-state index contributed by atoms with van der Waals surface area (Å²) in [5, 5.41) is 6.99. The van der Waals surface area contributed by atoms with Crippen molar-refractivity contribution in [2.24, 2.45) is 4.99 Å². The Morgan fingerprint density at radius 2 is 1.94 bits per heavy atom. The van der Waals surface area contributed by atoms with Crippen LogP contribution in [0.1, 0.15) is 19.5 Å². The standard InChI is InChI=1S/C20H29N5O4S.HI/c1-3-21-20(22-15-17(2)29-19-7-5-4-6-8-19)24-10-12-25(13-11-24)30(26,27)16-18-9-14-28-23-18;/h4-9,14,17H,3,10-13,15-16H2,1-2H3,(H,21,22);1H. The normalized spacial score (nSPS) is 16.5. The van der Waals surface area contributed by atoms with E-state index in [-0.39, 0.29) is 35.8 Å². The van der Waals surface area contributed by atoms with Gasteiger partial charge in [0.1, 0.15) is 23.9 Å². The second-order valence-electron chi connectivity index (χ2n) is 7.07. The van der Waals surface area contributed by atoms with E-state index in [1.165, 1.54) is 10.6 Å². The molecule has 1 aromatic heterocycles. The predicted molar refractivity (Wildman–Crippen MR) is 130 cm³/mol. The molecule has 11 heteroatoms. The molecule has 9 nitrogen and oxygen atoms in total.